The molecule has 5 nitrogen and oxygen atoms in total. The van der Waals surface area contributed by atoms with Crippen molar-refractivity contribution < 1.29 is 9.53 Å². The number of carbonyl (C=O) groups is 1. The molecule has 2 aromatic carbocycles. The zero-order valence-electron chi connectivity index (χ0n) is 14.8. The van der Waals surface area contributed by atoms with E-state index < -0.39 is 0 Å². The Labute approximate surface area is 163 Å². The summed E-state index contributed by atoms with van der Waals surface area (Å²) in [7, 11) is 1.56. The maximum absolute atomic E-state index is 12.5. The van der Waals surface area contributed by atoms with Gasteiger partial charge in [0.15, 0.2) is 0 Å². The first-order valence-corrected chi connectivity index (χ1v) is 9.14. The zero-order valence-corrected chi connectivity index (χ0v) is 16.3. The Morgan fingerprint density at radius 2 is 1.77 bits per heavy atom. The highest BCUT2D eigenvalue weighted by Crippen LogP contribution is 2.28. The number of urea groups is 1. The Hall–Kier alpha value is -2.11. The maximum Gasteiger partial charge on any atom is 0.321 e. The van der Waals surface area contributed by atoms with Crippen LogP contribution in [-0.4, -0.2) is 44.2 Å². The molecule has 0 aliphatic carbocycles. The molecule has 0 aromatic heterocycles. The Balaban J connectivity index is 1.58. The Kier molecular flexibility index (Phi) is 5.79. The molecule has 0 atom stereocenters. The predicted molar refractivity (Wildman–Crippen MR) is 107 cm³/mol. The summed E-state index contributed by atoms with van der Waals surface area (Å²) in [6.45, 7) is 4.79. The number of hydrogen-bond acceptors (Lipinski definition) is 3. The molecule has 1 fully saturated rings. The number of piperazine rings is 1. The standard InChI is InChI=1S/C19H21Cl2N3O2/c1-13-3-5-15(12-16(13)20)23-7-9-24(10-8-23)19(25)22-14-4-6-18(26-2)17(21)11-14/h3-6,11-12H,7-10H2,1-2H3,(H,22,25). The van der Waals surface area contributed by atoms with Crippen LogP contribution in [0, 0.1) is 6.92 Å². The number of carbonyl (C=O) groups excluding carboxylic acids is 1. The highest BCUT2D eigenvalue weighted by atomic mass is 35.5. The van der Waals surface area contributed by atoms with Crippen molar-refractivity contribution in [2.24, 2.45) is 0 Å². The SMILES string of the molecule is COc1ccc(NC(=O)N2CCN(c3ccc(C)c(Cl)c3)CC2)cc1Cl. The first-order chi connectivity index (χ1) is 12.5. The molecule has 0 saturated carbocycles. The topological polar surface area (TPSA) is 44.8 Å². The molecule has 0 unspecified atom stereocenters. The van der Waals surface area contributed by atoms with E-state index in [9.17, 15) is 4.79 Å². The quantitative estimate of drug-likeness (QED) is 0.823. The lowest BCUT2D eigenvalue weighted by molar-refractivity contribution is 0.208. The molecule has 0 spiro atoms. The molecule has 1 saturated heterocycles. The van der Waals surface area contributed by atoms with E-state index in [1.807, 2.05) is 19.1 Å². The summed E-state index contributed by atoms with van der Waals surface area (Å²) < 4.78 is 5.12. The number of methoxy groups -OCH3 is 1. The van der Waals surface area contributed by atoms with Crippen LogP contribution < -0.4 is 15.0 Å². The second-order valence-corrected chi connectivity index (χ2v) is 7.00. The summed E-state index contributed by atoms with van der Waals surface area (Å²) in [6.07, 6.45) is 0. The molecule has 0 radical (unpaired) electrons. The normalized spacial score (nSPS) is 14.3. The third-order valence-corrected chi connectivity index (χ3v) is 5.19. The van der Waals surface area contributed by atoms with Crippen molar-refractivity contribution in [2.45, 2.75) is 6.92 Å². The van der Waals surface area contributed by atoms with Crippen LogP contribution in [0.3, 0.4) is 0 Å². The molecule has 2 amide bonds. The number of aryl methyl sites for hydroxylation is 1. The lowest BCUT2D eigenvalue weighted by Crippen LogP contribution is -2.50. The first-order valence-electron chi connectivity index (χ1n) is 8.38. The number of hydrogen-bond donors (Lipinski definition) is 1. The number of benzene rings is 2. The van der Waals surface area contributed by atoms with Gasteiger partial charge in [0.1, 0.15) is 5.75 Å². The number of nitrogens with zero attached hydrogens (tertiary/aromatic N) is 2. The van der Waals surface area contributed by atoms with Gasteiger partial charge >= 0.3 is 6.03 Å². The van der Waals surface area contributed by atoms with Gasteiger partial charge in [-0.05, 0) is 42.8 Å². The van der Waals surface area contributed by atoms with Gasteiger partial charge in [0.25, 0.3) is 0 Å². The van der Waals surface area contributed by atoms with Crippen molar-refractivity contribution in [3.63, 3.8) is 0 Å². The van der Waals surface area contributed by atoms with Gasteiger partial charge in [-0.15, -0.1) is 0 Å². The van der Waals surface area contributed by atoms with Crippen LogP contribution in [0.4, 0.5) is 16.2 Å². The fourth-order valence-corrected chi connectivity index (χ4v) is 3.33. The number of nitrogens with one attached hydrogen (secondary N) is 1. The van der Waals surface area contributed by atoms with E-state index >= 15 is 0 Å². The summed E-state index contributed by atoms with van der Waals surface area (Å²) in [5, 5.41) is 4.11. The minimum atomic E-state index is -0.132. The van der Waals surface area contributed by atoms with Gasteiger partial charge in [-0.25, -0.2) is 4.79 Å². The van der Waals surface area contributed by atoms with Crippen LogP contribution in [0.25, 0.3) is 0 Å². The van der Waals surface area contributed by atoms with Gasteiger partial charge in [-0.1, -0.05) is 29.3 Å². The zero-order chi connectivity index (χ0) is 18.7. The molecule has 26 heavy (non-hydrogen) atoms. The fourth-order valence-electron chi connectivity index (χ4n) is 2.89. The largest absolute Gasteiger partial charge is 0.495 e. The van der Waals surface area contributed by atoms with E-state index in [0.717, 1.165) is 29.4 Å². The number of anilines is 2. The average Bonchev–Trinajstić information content (AvgIpc) is 2.64. The summed E-state index contributed by atoms with van der Waals surface area (Å²) in [6, 6.07) is 11.1. The Bertz CT molecular complexity index is 805. The van der Waals surface area contributed by atoms with E-state index in [0.29, 0.717) is 29.5 Å². The third-order valence-electron chi connectivity index (χ3n) is 4.49. The molecular weight excluding hydrogens is 373 g/mol. The summed E-state index contributed by atoms with van der Waals surface area (Å²) in [5.41, 5.74) is 2.79. The molecule has 1 N–H and O–H groups in total. The Morgan fingerprint density at radius 3 is 2.38 bits per heavy atom. The van der Waals surface area contributed by atoms with E-state index in [2.05, 4.69) is 16.3 Å². The maximum atomic E-state index is 12.5. The number of rotatable bonds is 3. The summed E-state index contributed by atoms with van der Waals surface area (Å²) >= 11 is 12.3. The second-order valence-electron chi connectivity index (χ2n) is 6.19. The fraction of sp³-hybridized carbons (Fsp3) is 0.316. The lowest BCUT2D eigenvalue weighted by Gasteiger charge is -2.36. The van der Waals surface area contributed by atoms with Gasteiger partial charge in [-0.3, -0.25) is 0 Å². The monoisotopic (exact) mass is 393 g/mol. The van der Waals surface area contributed by atoms with Crippen LogP contribution in [0.15, 0.2) is 36.4 Å². The average molecular weight is 394 g/mol. The number of ether oxygens (including phenoxy) is 1. The van der Waals surface area contributed by atoms with Crippen molar-refractivity contribution in [2.75, 3.05) is 43.5 Å². The van der Waals surface area contributed by atoms with E-state index in [1.165, 1.54) is 0 Å². The van der Waals surface area contributed by atoms with Crippen molar-refractivity contribution in [3.05, 3.63) is 52.0 Å². The minimum Gasteiger partial charge on any atom is -0.495 e. The second kappa shape index (κ2) is 8.06. The Morgan fingerprint density at radius 1 is 1.04 bits per heavy atom. The van der Waals surface area contributed by atoms with Gasteiger partial charge < -0.3 is 19.9 Å². The summed E-state index contributed by atoms with van der Waals surface area (Å²) in [5.74, 6) is 0.579. The molecule has 1 heterocycles. The van der Waals surface area contributed by atoms with Crippen LogP contribution in [0.2, 0.25) is 10.0 Å². The molecule has 0 bridgehead atoms. The molecular formula is C19H21Cl2N3O2. The van der Waals surface area contributed by atoms with Crippen molar-refractivity contribution in [1.82, 2.24) is 4.90 Å². The van der Waals surface area contributed by atoms with Gasteiger partial charge in [-0.2, -0.15) is 0 Å². The predicted octanol–water partition coefficient (Wildman–Crippen LogP) is 4.66. The van der Waals surface area contributed by atoms with Crippen molar-refractivity contribution >= 4 is 40.6 Å². The molecule has 2 aromatic rings. The van der Waals surface area contributed by atoms with Crippen LogP contribution in [0.5, 0.6) is 5.75 Å². The molecule has 138 valence electrons. The molecule has 1 aliphatic heterocycles. The highest BCUT2D eigenvalue weighted by Gasteiger charge is 2.21. The number of amides is 2. The van der Waals surface area contributed by atoms with Crippen LogP contribution in [0.1, 0.15) is 5.56 Å². The van der Waals surface area contributed by atoms with Crippen molar-refractivity contribution in [3.8, 4) is 5.75 Å². The molecule has 7 heteroatoms. The van der Waals surface area contributed by atoms with Gasteiger partial charge in [0, 0.05) is 42.6 Å². The van der Waals surface area contributed by atoms with Gasteiger partial charge in [0.05, 0.1) is 12.1 Å². The minimum absolute atomic E-state index is 0.132. The first kappa shape index (κ1) is 18.7. The molecule has 3 rings (SSSR count). The van der Waals surface area contributed by atoms with E-state index in [1.54, 1.807) is 30.2 Å². The smallest absolute Gasteiger partial charge is 0.321 e. The van der Waals surface area contributed by atoms with Crippen LogP contribution in [-0.2, 0) is 0 Å². The summed E-state index contributed by atoms with van der Waals surface area (Å²) in [4.78, 5) is 16.5. The number of halogens is 2. The van der Waals surface area contributed by atoms with Gasteiger partial charge in [0.2, 0.25) is 0 Å². The third kappa shape index (κ3) is 4.17. The van der Waals surface area contributed by atoms with E-state index in [-0.39, 0.29) is 6.03 Å². The lowest BCUT2D eigenvalue weighted by atomic mass is 10.2. The molecule has 1 aliphatic rings. The van der Waals surface area contributed by atoms with Crippen LogP contribution >= 0.6 is 23.2 Å². The van der Waals surface area contributed by atoms with E-state index in [4.69, 9.17) is 27.9 Å². The highest BCUT2D eigenvalue weighted by molar-refractivity contribution is 6.32. The van der Waals surface area contributed by atoms with Crippen molar-refractivity contribution in [1.29, 1.82) is 0 Å².